The van der Waals surface area contributed by atoms with Gasteiger partial charge in [0.15, 0.2) is 8.07 Å². The minimum atomic E-state index is -2.98. The van der Waals surface area contributed by atoms with Crippen molar-refractivity contribution in [2.45, 2.75) is 0 Å². The van der Waals surface area contributed by atoms with Crippen molar-refractivity contribution >= 4 is 105 Å². The maximum atomic E-state index is 2.58. The molecule has 0 N–H and O–H groups in total. The van der Waals surface area contributed by atoms with E-state index in [0.717, 1.165) is 0 Å². The molecule has 0 fully saturated rings. The van der Waals surface area contributed by atoms with Crippen LogP contribution in [0.3, 0.4) is 0 Å². The predicted octanol–water partition coefficient (Wildman–Crippen LogP) is 14.4. The molecule has 12 aromatic carbocycles. The molecular formula is C66H44N2Si. The highest BCUT2D eigenvalue weighted by molar-refractivity contribution is 7.20. The Bertz CT molecular complexity index is 4190. The Balaban J connectivity index is 1.09. The fourth-order valence-corrected chi connectivity index (χ4v) is 16.7. The summed E-state index contributed by atoms with van der Waals surface area (Å²) in [6.07, 6.45) is 0. The molecule has 2 heterocycles. The van der Waals surface area contributed by atoms with E-state index in [4.69, 9.17) is 0 Å². The zero-order valence-electron chi connectivity index (χ0n) is 37.8. The molecule has 0 unspecified atom stereocenters. The maximum absolute atomic E-state index is 2.98. The van der Waals surface area contributed by atoms with Crippen LogP contribution in [0.4, 0.5) is 0 Å². The molecule has 2 nitrogen and oxygen atoms in total. The molecule has 0 aliphatic carbocycles. The van der Waals surface area contributed by atoms with Gasteiger partial charge in [0.05, 0.1) is 27.8 Å². The van der Waals surface area contributed by atoms with Crippen LogP contribution in [0.2, 0.25) is 0 Å². The highest BCUT2D eigenvalue weighted by atomic mass is 28.3. The standard InChI is InChI=1S/C66H44N2Si/c1-5-21-47(22-6-1)67-61-35-19-17-32-55(61)58-41-45(37-39-63(58)67)46-38-40-64-59(42-46)56-33-18-20-36-62(56)68(64)65-44-51(43-60-54-31-14-13-29-52(54)53-30-15-16-34-57(53)66(60)65)69(48-23-7-2-8-24-48,49-25-9-3-10-26-49)50-27-11-4-12-28-50/h1-44H. The van der Waals surface area contributed by atoms with Gasteiger partial charge in [-0.05, 0) is 113 Å². The number of rotatable bonds is 7. The zero-order valence-corrected chi connectivity index (χ0v) is 38.8. The van der Waals surface area contributed by atoms with E-state index in [1.54, 1.807) is 0 Å². The minimum Gasteiger partial charge on any atom is -0.309 e. The van der Waals surface area contributed by atoms with Gasteiger partial charge in [-0.25, -0.2) is 0 Å². The molecule has 0 spiro atoms. The van der Waals surface area contributed by atoms with Crippen LogP contribution in [0.15, 0.2) is 267 Å². The van der Waals surface area contributed by atoms with Crippen LogP contribution in [0.25, 0.3) is 98.4 Å². The average Bonchev–Trinajstić information content (AvgIpc) is 3.94. The zero-order chi connectivity index (χ0) is 45.5. The molecule has 0 saturated carbocycles. The molecule has 0 saturated heterocycles. The van der Waals surface area contributed by atoms with E-state index in [-0.39, 0.29) is 0 Å². The number of hydrogen-bond acceptors (Lipinski definition) is 0. The van der Waals surface area contributed by atoms with Gasteiger partial charge >= 0.3 is 0 Å². The average molecular weight is 893 g/mol. The summed E-state index contributed by atoms with van der Waals surface area (Å²) in [6.45, 7) is 0. The smallest absolute Gasteiger partial charge is 0.179 e. The summed E-state index contributed by atoms with van der Waals surface area (Å²) < 4.78 is 4.97. The van der Waals surface area contributed by atoms with E-state index in [2.05, 4.69) is 276 Å². The number of benzene rings is 12. The van der Waals surface area contributed by atoms with Gasteiger partial charge in [0, 0.05) is 32.6 Å². The Kier molecular flexibility index (Phi) is 8.95. The monoisotopic (exact) mass is 892 g/mol. The maximum Gasteiger partial charge on any atom is 0.179 e. The number of hydrogen-bond donors (Lipinski definition) is 0. The topological polar surface area (TPSA) is 9.86 Å². The molecule has 0 radical (unpaired) electrons. The molecule has 0 atom stereocenters. The van der Waals surface area contributed by atoms with Gasteiger partial charge in [-0.3, -0.25) is 0 Å². The second-order valence-electron chi connectivity index (χ2n) is 18.4. The quantitative estimate of drug-likeness (QED) is 0.0857. The Morgan fingerprint density at radius 3 is 1.13 bits per heavy atom. The normalized spacial score (nSPS) is 12.1. The predicted molar refractivity (Wildman–Crippen MR) is 297 cm³/mol. The van der Waals surface area contributed by atoms with Crippen molar-refractivity contribution in [3.05, 3.63) is 267 Å². The lowest BCUT2D eigenvalue weighted by atomic mass is 9.93. The van der Waals surface area contributed by atoms with E-state index in [1.807, 2.05) is 0 Å². The van der Waals surface area contributed by atoms with Crippen molar-refractivity contribution < 1.29 is 0 Å². The number of para-hydroxylation sites is 3. The summed E-state index contributed by atoms with van der Waals surface area (Å²) in [5, 5.41) is 18.0. The molecule has 2 aromatic heterocycles. The van der Waals surface area contributed by atoms with Crippen molar-refractivity contribution in [2.24, 2.45) is 0 Å². The third kappa shape index (κ3) is 5.91. The van der Waals surface area contributed by atoms with E-state index >= 15 is 0 Å². The molecular weight excluding hydrogens is 849 g/mol. The summed E-state index contributed by atoms with van der Waals surface area (Å²) in [5.41, 5.74) is 9.54. The van der Waals surface area contributed by atoms with Crippen molar-refractivity contribution in [3.8, 4) is 22.5 Å². The van der Waals surface area contributed by atoms with E-state index in [9.17, 15) is 0 Å². The summed E-state index contributed by atoms with van der Waals surface area (Å²) in [4.78, 5) is 0. The fraction of sp³-hybridized carbons (Fsp3) is 0. The van der Waals surface area contributed by atoms with E-state index < -0.39 is 8.07 Å². The third-order valence-electron chi connectivity index (χ3n) is 14.8. The van der Waals surface area contributed by atoms with Crippen LogP contribution < -0.4 is 20.7 Å². The Hall–Kier alpha value is -8.76. The van der Waals surface area contributed by atoms with Crippen molar-refractivity contribution in [3.63, 3.8) is 0 Å². The molecule has 69 heavy (non-hydrogen) atoms. The number of fused-ring (bicyclic) bond motifs is 12. The van der Waals surface area contributed by atoms with Crippen LogP contribution in [-0.4, -0.2) is 17.2 Å². The van der Waals surface area contributed by atoms with E-state index in [0.29, 0.717) is 0 Å². The molecule has 0 aliphatic rings. The summed E-state index contributed by atoms with van der Waals surface area (Å²) in [7, 11) is -2.98. The molecule has 14 aromatic rings. The number of aromatic nitrogens is 2. The Labute approximate surface area is 401 Å². The second-order valence-corrected chi connectivity index (χ2v) is 22.2. The molecule has 322 valence electrons. The SMILES string of the molecule is c1ccc(-n2c3ccccc3c3cc(-c4ccc5c(c4)c4ccccc4n5-c4cc([Si](c5ccccc5)(c5ccccc5)c5ccccc5)cc5c6ccccc6c6ccccc6c45)ccc32)cc1. The first-order valence-corrected chi connectivity index (χ1v) is 25.9. The van der Waals surface area contributed by atoms with E-state index in [1.165, 1.54) is 119 Å². The summed E-state index contributed by atoms with van der Waals surface area (Å²) >= 11 is 0. The lowest BCUT2D eigenvalue weighted by molar-refractivity contribution is 1.18. The largest absolute Gasteiger partial charge is 0.309 e. The van der Waals surface area contributed by atoms with Crippen LogP contribution in [-0.2, 0) is 0 Å². The van der Waals surface area contributed by atoms with Crippen LogP contribution in [0.5, 0.6) is 0 Å². The van der Waals surface area contributed by atoms with Gasteiger partial charge in [0.2, 0.25) is 0 Å². The van der Waals surface area contributed by atoms with Crippen molar-refractivity contribution in [1.82, 2.24) is 9.13 Å². The lowest BCUT2D eigenvalue weighted by Gasteiger charge is -2.35. The first kappa shape index (κ1) is 39.4. The molecule has 3 heteroatoms. The minimum absolute atomic E-state index is 1.17. The van der Waals surface area contributed by atoms with Gasteiger partial charge in [0.25, 0.3) is 0 Å². The number of nitrogens with zero attached hydrogens (tertiary/aromatic N) is 2. The Morgan fingerprint density at radius 1 is 0.232 bits per heavy atom. The van der Waals surface area contributed by atoms with Crippen LogP contribution >= 0.6 is 0 Å². The summed E-state index contributed by atoms with van der Waals surface area (Å²) in [5.74, 6) is 0. The van der Waals surface area contributed by atoms with Gasteiger partial charge in [0.1, 0.15) is 0 Å². The van der Waals surface area contributed by atoms with Gasteiger partial charge in [-0.2, -0.15) is 0 Å². The van der Waals surface area contributed by atoms with Gasteiger partial charge < -0.3 is 9.13 Å². The molecule has 0 aliphatic heterocycles. The highest BCUT2D eigenvalue weighted by Crippen LogP contribution is 2.43. The highest BCUT2D eigenvalue weighted by Gasteiger charge is 2.42. The fourth-order valence-electron chi connectivity index (χ4n) is 11.9. The first-order chi connectivity index (χ1) is 34.3. The third-order valence-corrected chi connectivity index (χ3v) is 19.6. The van der Waals surface area contributed by atoms with Gasteiger partial charge in [-0.1, -0.05) is 212 Å². The molecule has 0 bridgehead atoms. The summed E-state index contributed by atoms with van der Waals surface area (Å²) in [6, 6.07) is 99.9. The van der Waals surface area contributed by atoms with Gasteiger partial charge in [-0.15, -0.1) is 0 Å². The lowest BCUT2D eigenvalue weighted by Crippen LogP contribution is -2.74. The van der Waals surface area contributed by atoms with Crippen molar-refractivity contribution in [1.29, 1.82) is 0 Å². The Morgan fingerprint density at radius 2 is 0.609 bits per heavy atom. The van der Waals surface area contributed by atoms with Crippen molar-refractivity contribution in [2.75, 3.05) is 0 Å². The first-order valence-electron chi connectivity index (χ1n) is 23.9. The molecule has 0 amide bonds. The molecule has 14 rings (SSSR count). The van der Waals surface area contributed by atoms with Crippen LogP contribution in [0.1, 0.15) is 0 Å². The van der Waals surface area contributed by atoms with Crippen LogP contribution in [0, 0.1) is 0 Å². The second kappa shape index (κ2) is 15.7.